The van der Waals surface area contributed by atoms with E-state index in [-0.39, 0.29) is 6.10 Å². The molecule has 0 aromatic carbocycles. The van der Waals surface area contributed by atoms with E-state index < -0.39 is 8.80 Å². The third-order valence-electron chi connectivity index (χ3n) is 3.92. The monoisotopic (exact) mass is 348 g/mol. The van der Waals surface area contributed by atoms with Crippen molar-refractivity contribution in [3.8, 4) is 0 Å². The highest BCUT2D eigenvalue weighted by molar-refractivity contribution is 6.60. The Labute approximate surface area is 143 Å². The molecular formula is C17H36O5Si. The van der Waals surface area contributed by atoms with E-state index >= 15 is 0 Å². The standard InChI is InChI=1S/C17H36O5Si/c1-5-9-10-11-16(18-14-17-15-19-17)12-13-23(20-6-2,21-7-3)22-8-4/h16-17H,5-15H2,1-4H3. The van der Waals surface area contributed by atoms with Gasteiger partial charge in [0.25, 0.3) is 0 Å². The Kier molecular flexibility index (Phi) is 11.3. The molecule has 0 amide bonds. The second kappa shape index (κ2) is 12.4. The maximum Gasteiger partial charge on any atom is 0.501 e. The van der Waals surface area contributed by atoms with Crippen LogP contribution in [0.15, 0.2) is 0 Å². The van der Waals surface area contributed by atoms with E-state index in [0.29, 0.717) is 32.5 Å². The lowest BCUT2D eigenvalue weighted by molar-refractivity contribution is 0.0240. The summed E-state index contributed by atoms with van der Waals surface area (Å²) in [5, 5.41) is 0. The minimum Gasteiger partial charge on any atom is -0.375 e. The number of unbranched alkanes of at least 4 members (excludes halogenated alkanes) is 2. The lowest BCUT2D eigenvalue weighted by Gasteiger charge is -2.30. The van der Waals surface area contributed by atoms with E-state index in [1.165, 1.54) is 19.3 Å². The van der Waals surface area contributed by atoms with E-state index in [2.05, 4.69) is 6.92 Å². The quantitative estimate of drug-likeness (QED) is 0.241. The van der Waals surface area contributed by atoms with Gasteiger partial charge in [-0.05, 0) is 33.6 Å². The molecule has 0 radical (unpaired) electrons. The average molecular weight is 349 g/mol. The van der Waals surface area contributed by atoms with Crippen molar-refractivity contribution in [1.82, 2.24) is 0 Å². The van der Waals surface area contributed by atoms with Crippen LogP contribution in [0.1, 0.15) is 59.8 Å². The lowest BCUT2D eigenvalue weighted by atomic mass is 10.1. The topological polar surface area (TPSA) is 49.5 Å². The van der Waals surface area contributed by atoms with Crippen LogP contribution in [-0.4, -0.2) is 54.0 Å². The second-order valence-corrected chi connectivity index (χ2v) is 8.66. The summed E-state index contributed by atoms with van der Waals surface area (Å²) in [5.41, 5.74) is 0. The third-order valence-corrected chi connectivity index (χ3v) is 7.00. The first-order valence-electron chi connectivity index (χ1n) is 9.34. The molecule has 1 fully saturated rings. The van der Waals surface area contributed by atoms with Crippen molar-refractivity contribution in [2.75, 3.05) is 33.0 Å². The molecule has 0 saturated carbocycles. The van der Waals surface area contributed by atoms with Crippen LogP contribution in [0.5, 0.6) is 0 Å². The van der Waals surface area contributed by atoms with Gasteiger partial charge in [0.2, 0.25) is 0 Å². The number of epoxide rings is 1. The maximum absolute atomic E-state index is 6.07. The van der Waals surface area contributed by atoms with Crippen LogP contribution in [0.3, 0.4) is 0 Å². The van der Waals surface area contributed by atoms with Crippen molar-refractivity contribution in [2.24, 2.45) is 0 Å². The predicted molar refractivity (Wildman–Crippen MR) is 93.7 cm³/mol. The normalized spacial score (nSPS) is 19.0. The predicted octanol–water partition coefficient (Wildman–Crippen LogP) is 3.79. The molecule has 6 heteroatoms. The van der Waals surface area contributed by atoms with Crippen molar-refractivity contribution in [3.05, 3.63) is 0 Å². The first-order chi connectivity index (χ1) is 11.2. The smallest absolute Gasteiger partial charge is 0.375 e. The van der Waals surface area contributed by atoms with E-state index in [4.69, 9.17) is 22.8 Å². The molecule has 0 aromatic heterocycles. The van der Waals surface area contributed by atoms with Crippen LogP contribution in [-0.2, 0) is 22.8 Å². The average Bonchev–Trinajstić information content (AvgIpc) is 3.35. The van der Waals surface area contributed by atoms with E-state index in [9.17, 15) is 0 Å². The molecule has 2 unspecified atom stereocenters. The zero-order valence-electron chi connectivity index (χ0n) is 15.5. The Morgan fingerprint density at radius 1 is 0.957 bits per heavy atom. The van der Waals surface area contributed by atoms with Crippen LogP contribution in [0, 0.1) is 0 Å². The minimum absolute atomic E-state index is 0.249. The van der Waals surface area contributed by atoms with Gasteiger partial charge in [-0.2, -0.15) is 0 Å². The SMILES string of the molecule is CCCCCC(CC[Si](OCC)(OCC)OCC)OCC1CO1. The molecule has 0 aromatic rings. The molecule has 1 aliphatic heterocycles. The lowest BCUT2D eigenvalue weighted by Crippen LogP contribution is -2.46. The molecule has 0 bridgehead atoms. The van der Waals surface area contributed by atoms with Crippen molar-refractivity contribution < 1.29 is 22.8 Å². The van der Waals surface area contributed by atoms with Crippen molar-refractivity contribution in [3.63, 3.8) is 0 Å². The van der Waals surface area contributed by atoms with Gasteiger partial charge in [0.05, 0.1) is 19.3 Å². The van der Waals surface area contributed by atoms with E-state index in [1.54, 1.807) is 0 Å². The van der Waals surface area contributed by atoms with Gasteiger partial charge in [-0.3, -0.25) is 0 Å². The Bertz CT molecular complexity index is 269. The van der Waals surface area contributed by atoms with Crippen LogP contribution in [0.2, 0.25) is 6.04 Å². The molecule has 0 N–H and O–H groups in total. The number of ether oxygens (including phenoxy) is 2. The van der Waals surface area contributed by atoms with Gasteiger partial charge in [0.15, 0.2) is 0 Å². The molecule has 1 heterocycles. The summed E-state index contributed by atoms with van der Waals surface area (Å²) < 4.78 is 29.1. The molecule has 0 spiro atoms. The molecule has 1 rings (SSSR count). The summed E-state index contributed by atoms with van der Waals surface area (Å²) in [4.78, 5) is 0. The van der Waals surface area contributed by atoms with Gasteiger partial charge in [-0.1, -0.05) is 26.2 Å². The van der Waals surface area contributed by atoms with Crippen molar-refractivity contribution in [2.45, 2.75) is 78.1 Å². The minimum atomic E-state index is -2.56. The Hall–Kier alpha value is 0.0169. The number of hydrogen-bond acceptors (Lipinski definition) is 5. The van der Waals surface area contributed by atoms with Gasteiger partial charge in [0.1, 0.15) is 6.10 Å². The zero-order chi connectivity index (χ0) is 17.0. The van der Waals surface area contributed by atoms with Gasteiger partial charge in [0, 0.05) is 25.9 Å². The third kappa shape index (κ3) is 9.17. The van der Waals surface area contributed by atoms with Gasteiger partial charge >= 0.3 is 8.80 Å². The van der Waals surface area contributed by atoms with Crippen molar-refractivity contribution >= 4 is 8.80 Å². The Morgan fingerprint density at radius 3 is 2.04 bits per heavy atom. The fourth-order valence-corrected chi connectivity index (χ4v) is 5.36. The molecule has 23 heavy (non-hydrogen) atoms. The second-order valence-electron chi connectivity index (χ2n) is 5.93. The summed E-state index contributed by atoms with van der Waals surface area (Å²) >= 11 is 0. The van der Waals surface area contributed by atoms with Gasteiger partial charge in [-0.15, -0.1) is 0 Å². The molecule has 1 aliphatic rings. The van der Waals surface area contributed by atoms with E-state index in [0.717, 1.165) is 25.5 Å². The molecule has 5 nitrogen and oxygen atoms in total. The van der Waals surface area contributed by atoms with Gasteiger partial charge in [-0.25, -0.2) is 0 Å². The molecule has 138 valence electrons. The summed E-state index contributed by atoms with van der Waals surface area (Å²) in [6, 6.07) is 0.824. The van der Waals surface area contributed by atoms with Crippen LogP contribution in [0.4, 0.5) is 0 Å². The van der Waals surface area contributed by atoms with Gasteiger partial charge < -0.3 is 22.8 Å². The summed E-state index contributed by atoms with van der Waals surface area (Å²) in [6.07, 6.45) is 6.28. The summed E-state index contributed by atoms with van der Waals surface area (Å²) in [5.74, 6) is 0. The highest BCUT2D eigenvalue weighted by Gasteiger charge is 2.40. The summed E-state index contributed by atoms with van der Waals surface area (Å²) in [6.45, 7) is 11.7. The number of rotatable bonds is 16. The van der Waals surface area contributed by atoms with Crippen LogP contribution >= 0.6 is 0 Å². The Balaban J connectivity index is 2.50. The fourth-order valence-electron chi connectivity index (χ4n) is 2.68. The van der Waals surface area contributed by atoms with Crippen LogP contribution < -0.4 is 0 Å². The fraction of sp³-hybridized carbons (Fsp3) is 1.00. The first-order valence-corrected chi connectivity index (χ1v) is 11.3. The number of hydrogen-bond donors (Lipinski definition) is 0. The molecule has 2 atom stereocenters. The molecule has 1 saturated heterocycles. The van der Waals surface area contributed by atoms with Crippen molar-refractivity contribution in [1.29, 1.82) is 0 Å². The zero-order valence-corrected chi connectivity index (χ0v) is 16.5. The Morgan fingerprint density at radius 2 is 1.57 bits per heavy atom. The highest BCUT2D eigenvalue weighted by Crippen LogP contribution is 2.23. The first kappa shape index (κ1) is 21.1. The molecular weight excluding hydrogens is 312 g/mol. The largest absolute Gasteiger partial charge is 0.501 e. The molecule has 0 aliphatic carbocycles. The van der Waals surface area contributed by atoms with E-state index in [1.807, 2.05) is 20.8 Å². The highest BCUT2D eigenvalue weighted by atomic mass is 28.4. The maximum atomic E-state index is 6.07. The van der Waals surface area contributed by atoms with Crippen LogP contribution in [0.25, 0.3) is 0 Å². The summed E-state index contributed by atoms with van der Waals surface area (Å²) in [7, 11) is -2.56.